The number of hydrogen-bond donors (Lipinski definition) is 1. The summed E-state index contributed by atoms with van der Waals surface area (Å²) in [6.45, 7) is 8.79. The lowest BCUT2D eigenvalue weighted by atomic mass is 10.2. The van der Waals surface area contributed by atoms with E-state index in [9.17, 15) is 0 Å². The summed E-state index contributed by atoms with van der Waals surface area (Å²) in [4.78, 5) is 0. The molecule has 0 saturated carbocycles. The van der Waals surface area contributed by atoms with Crippen molar-refractivity contribution in [3.8, 4) is 11.5 Å². The monoisotopic (exact) mass is 279 g/mol. The molecular formula is C16H25NO3. The molecule has 0 bridgehead atoms. The third kappa shape index (κ3) is 6.08. The number of hydrogen-bond acceptors (Lipinski definition) is 4. The Morgan fingerprint density at radius 1 is 1.25 bits per heavy atom. The number of ether oxygens (including phenoxy) is 3. The quantitative estimate of drug-likeness (QED) is 0.528. The molecule has 0 radical (unpaired) electrons. The van der Waals surface area contributed by atoms with E-state index in [1.54, 1.807) is 14.2 Å². The lowest BCUT2D eigenvalue weighted by Crippen LogP contribution is -2.16. The highest BCUT2D eigenvalue weighted by atomic mass is 16.5. The molecule has 0 unspecified atom stereocenters. The Kier molecular flexibility index (Phi) is 7.77. The van der Waals surface area contributed by atoms with Gasteiger partial charge in [0, 0.05) is 20.3 Å². The van der Waals surface area contributed by atoms with Gasteiger partial charge in [-0.1, -0.05) is 12.6 Å². The maximum absolute atomic E-state index is 5.64. The van der Waals surface area contributed by atoms with E-state index in [1.807, 2.05) is 25.1 Å². The molecule has 0 spiro atoms. The van der Waals surface area contributed by atoms with Gasteiger partial charge in [0.25, 0.3) is 0 Å². The number of rotatable bonds is 10. The van der Waals surface area contributed by atoms with Crippen LogP contribution in [0.4, 0.5) is 0 Å². The van der Waals surface area contributed by atoms with Crippen molar-refractivity contribution >= 4 is 0 Å². The Balaban J connectivity index is 2.51. The summed E-state index contributed by atoms with van der Waals surface area (Å²) in [5.74, 6) is 1.50. The van der Waals surface area contributed by atoms with Gasteiger partial charge < -0.3 is 19.5 Å². The normalized spacial score (nSPS) is 10.3. The summed E-state index contributed by atoms with van der Waals surface area (Å²) in [6, 6.07) is 5.98. The SMILES string of the molecule is C=C(C)COc1ccc(CNCCCOC)cc1OC. The van der Waals surface area contributed by atoms with Gasteiger partial charge in [0.05, 0.1) is 7.11 Å². The molecule has 0 fully saturated rings. The van der Waals surface area contributed by atoms with Crippen LogP contribution in [0, 0.1) is 0 Å². The van der Waals surface area contributed by atoms with Gasteiger partial charge in [0.2, 0.25) is 0 Å². The highest BCUT2D eigenvalue weighted by molar-refractivity contribution is 5.43. The molecule has 4 heteroatoms. The Bertz CT molecular complexity index is 418. The minimum atomic E-state index is 0.505. The third-order valence-corrected chi connectivity index (χ3v) is 2.73. The molecule has 0 aliphatic carbocycles. The van der Waals surface area contributed by atoms with Crippen LogP contribution in [0.1, 0.15) is 18.9 Å². The summed E-state index contributed by atoms with van der Waals surface area (Å²) < 4.78 is 16.0. The molecule has 1 rings (SSSR count). The first-order chi connectivity index (χ1) is 9.67. The topological polar surface area (TPSA) is 39.7 Å². The largest absolute Gasteiger partial charge is 0.493 e. The van der Waals surface area contributed by atoms with Gasteiger partial charge in [-0.25, -0.2) is 0 Å². The Morgan fingerprint density at radius 2 is 2.05 bits per heavy atom. The number of methoxy groups -OCH3 is 2. The minimum absolute atomic E-state index is 0.505. The van der Waals surface area contributed by atoms with E-state index in [0.717, 1.165) is 43.2 Å². The summed E-state index contributed by atoms with van der Waals surface area (Å²) in [7, 11) is 3.37. The standard InChI is InChI=1S/C16H25NO3/c1-13(2)12-20-15-7-6-14(10-16(15)19-4)11-17-8-5-9-18-3/h6-7,10,17H,1,5,8-9,11-12H2,2-4H3. The van der Waals surface area contributed by atoms with Crippen LogP contribution < -0.4 is 14.8 Å². The van der Waals surface area contributed by atoms with Crippen molar-refractivity contribution < 1.29 is 14.2 Å². The zero-order valence-corrected chi connectivity index (χ0v) is 12.7. The van der Waals surface area contributed by atoms with Crippen LogP contribution in [-0.4, -0.2) is 34.0 Å². The fourth-order valence-corrected chi connectivity index (χ4v) is 1.72. The van der Waals surface area contributed by atoms with Crippen LogP contribution in [0.5, 0.6) is 11.5 Å². The third-order valence-electron chi connectivity index (χ3n) is 2.73. The van der Waals surface area contributed by atoms with Crippen molar-refractivity contribution in [2.45, 2.75) is 19.9 Å². The van der Waals surface area contributed by atoms with E-state index >= 15 is 0 Å². The molecule has 112 valence electrons. The lowest BCUT2D eigenvalue weighted by Gasteiger charge is -2.12. The second kappa shape index (κ2) is 9.39. The average Bonchev–Trinajstić information content (AvgIpc) is 2.45. The maximum Gasteiger partial charge on any atom is 0.161 e. The molecule has 0 aliphatic heterocycles. The summed E-state index contributed by atoms with van der Waals surface area (Å²) in [5, 5.41) is 3.37. The van der Waals surface area contributed by atoms with Crippen molar-refractivity contribution in [2.24, 2.45) is 0 Å². The maximum atomic E-state index is 5.64. The summed E-state index contributed by atoms with van der Waals surface area (Å²) >= 11 is 0. The van der Waals surface area contributed by atoms with Crippen LogP contribution in [0.25, 0.3) is 0 Å². The van der Waals surface area contributed by atoms with Gasteiger partial charge in [0.15, 0.2) is 11.5 Å². The van der Waals surface area contributed by atoms with E-state index in [1.165, 1.54) is 5.56 Å². The van der Waals surface area contributed by atoms with Gasteiger partial charge in [-0.05, 0) is 43.2 Å². The van der Waals surface area contributed by atoms with Gasteiger partial charge in [-0.3, -0.25) is 0 Å². The average molecular weight is 279 g/mol. The van der Waals surface area contributed by atoms with E-state index in [4.69, 9.17) is 14.2 Å². The molecule has 0 atom stereocenters. The van der Waals surface area contributed by atoms with Crippen molar-refractivity contribution in [1.29, 1.82) is 0 Å². The fourth-order valence-electron chi connectivity index (χ4n) is 1.72. The number of benzene rings is 1. The van der Waals surface area contributed by atoms with Crippen molar-refractivity contribution in [2.75, 3.05) is 34.0 Å². The van der Waals surface area contributed by atoms with E-state index in [0.29, 0.717) is 6.61 Å². The molecule has 4 nitrogen and oxygen atoms in total. The van der Waals surface area contributed by atoms with Gasteiger partial charge in [-0.15, -0.1) is 0 Å². The van der Waals surface area contributed by atoms with Crippen LogP contribution in [0.15, 0.2) is 30.4 Å². The van der Waals surface area contributed by atoms with E-state index in [2.05, 4.69) is 11.9 Å². The van der Waals surface area contributed by atoms with E-state index in [-0.39, 0.29) is 0 Å². The highest BCUT2D eigenvalue weighted by Gasteiger charge is 2.05. The molecule has 20 heavy (non-hydrogen) atoms. The van der Waals surface area contributed by atoms with Crippen LogP contribution in [0.2, 0.25) is 0 Å². The number of nitrogens with one attached hydrogen (secondary N) is 1. The molecule has 1 N–H and O–H groups in total. The van der Waals surface area contributed by atoms with Crippen LogP contribution in [0.3, 0.4) is 0 Å². The first-order valence-corrected chi connectivity index (χ1v) is 6.81. The fraction of sp³-hybridized carbons (Fsp3) is 0.500. The van der Waals surface area contributed by atoms with Crippen molar-refractivity contribution in [3.05, 3.63) is 35.9 Å². The first-order valence-electron chi connectivity index (χ1n) is 6.81. The van der Waals surface area contributed by atoms with Gasteiger partial charge in [0.1, 0.15) is 6.61 Å². The Morgan fingerprint density at radius 3 is 2.70 bits per heavy atom. The second-order valence-corrected chi connectivity index (χ2v) is 4.75. The Hall–Kier alpha value is -1.52. The first kappa shape index (κ1) is 16.5. The lowest BCUT2D eigenvalue weighted by molar-refractivity contribution is 0.194. The molecule has 0 heterocycles. The molecular weight excluding hydrogens is 254 g/mol. The Labute approximate surface area is 121 Å². The summed E-state index contributed by atoms with van der Waals surface area (Å²) in [5.41, 5.74) is 2.15. The summed E-state index contributed by atoms with van der Waals surface area (Å²) in [6.07, 6.45) is 1.01. The molecule has 0 aliphatic rings. The highest BCUT2D eigenvalue weighted by Crippen LogP contribution is 2.28. The van der Waals surface area contributed by atoms with Gasteiger partial charge >= 0.3 is 0 Å². The van der Waals surface area contributed by atoms with Gasteiger partial charge in [-0.2, -0.15) is 0 Å². The smallest absolute Gasteiger partial charge is 0.161 e. The van der Waals surface area contributed by atoms with Crippen molar-refractivity contribution in [3.63, 3.8) is 0 Å². The molecule has 1 aromatic carbocycles. The molecule has 0 aromatic heterocycles. The molecule has 0 saturated heterocycles. The molecule has 0 amide bonds. The van der Waals surface area contributed by atoms with Crippen LogP contribution >= 0.6 is 0 Å². The van der Waals surface area contributed by atoms with E-state index < -0.39 is 0 Å². The second-order valence-electron chi connectivity index (χ2n) is 4.75. The molecule has 1 aromatic rings. The zero-order chi connectivity index (χ0) is 14.8. The minimum Gasteiger partial charge on any atom is -0.493 e. The van der Waals surface area contributed by atoms with Crippen molar-refractivity contribution in [1.82, 2.24) is 5.32 Å². The van der Waals surface area contributed by atoms with Crippen LogP contribution in [-0.2, 0) is 11.3 Å². The predicted molar refractivity (Wildman–Crippen MR) is 81.5 cm³/mol. The predicted octanol–water partition coefficient (Wildman–Crippen LogP) is 2.78. The zero-order valence-electron chi connectivity index (χ0n) is 12.7.